The predicted molar refractivity (Wildman–Crippen MR) is 112 cm³/mol. The Morgan fingerprint density at radius 1 is 0.929 bits per heavy atom. The van der Waals surface area contributed by atoms with Gasteiger partial charge in [0, 0.05) is 17.5 Å². The van der Waals surface area contributed by atoms with Crippen molar-refractivity contribution in [2.45, 2.75) is 77.4 Å². The second kappa shape index (κ2) is 6.58. The molecule has 0 amide bonds. The Labute approximate surface area is 169 Å². The number of aliphatic hydroxyl groups is 1. The molecule has 0 unspecified atom stereocenters. The fraction of sp³-hybridized carbons (Fsp3) is 0.720. The second-order valence-electron chi connectivity index (χ2n) is 10.6. The van der Waals surface area contributed by atoms with Crippen LogP contribution in [-0.4, -0.2) is 23.0 Å². The van der Waals surface area contributed by atoms with E-state index in [9.17, 15) is 9.90 Å². The number of rotatable bonds is 2. The van der Waals surface area contributed by atoms with Crippen molar-refractivity contribution in [3.05, 3.63) is 30.3 Å². The molecule has 8 atom stereocenters. The summed E-state index contributed by atoms with van der Waals surface area (Å²) in [4.78, 5) is 12.6. The summed E-state index contributed by atoms with van der Waals surface area (Å²) in [5.41, 5.74) is 1.36. The van der Waals surface area contributed by atoms with Crippen LogP contribution in [0.1, 0.15) is 65.2 Å². The van der Waals surface area contributed by atoms with Gasteiger partial charge in [-0.25, -0.2) is 0 Å². The first kappa shape index (κ1) is 18.7. The molecule has 4 aliphatic rings. The Balaban J connectivity index is 1.43. The van der Waals surface area contributed by atoms with E-state index in [4.69, 9.17) is 0 Å². The van der Waals surface area contributed by atoms with E-state index >= 15 is 0 Å². The van der Waals surface area contributed by atoms with E-state index in [1.165, 1.54) is 19.3 Å². The summed E-state index contributed by atoms with van der Waals surface area (Å²) >= 11 is 0. The van der Waals surface area contributed by atoms with Crippen LogP contribution in [0.3, 0.4) is 0 Å². The van der Waals surface area contributed by atoms with E-state index < -0.39 is 0 Å². The van der Waals surface area contributed by atoms with Crippen molar-refractivity contribution in [1.82, 2.24) is 0 Å². The van der Waals surface area contributed by atoms with Crippen molar-refractivity contribution in [2.75, 3.05) is 5.32 Å². The van der Waals surface area contributed by atoms with Crippen molar-refractivity contribution in [3.63, 3.8) is 0 Å². The van der Waals surface area contributed by atoms with Gasteiger partial charge < -0.3 is 10.4 Å². The number of hydrogen-bond donors (Lipinski definition) is 2. The molecule has 5 rings (SSSR count). The summed E-state index contributed by atoms with van der Waals surface area (Å²) in [5, 5.41) is 14.6. The Bertz CT molecular complexity index is 748. The molecule has 28 heavy (non-hydrogen) atoms. The molecule has 0 radical (unpaired) electrons. The largest absolute Gasteiger partial charge is 0.391 e. The zero-order valence-electron chi connectivity index (χ0n) is 17.4. The highest BCUT2D eigenvalue weighted by molar-refractivity contribution is 5.87. The van der Waals surface area contributed by atoms with Crippen molar-refractivity contribution in [3.8, 4) is 0 Å². The van der Waals surface area contributed by atoms with Crippen LogP contribution in [0.5, 0.6) is 0 Å². The van der Waals surface area contributed by atoms with E-state index in [0.717, 1.165) is 37.8 Å². The van der Waals surface area contributed by atoms with Crippen LogP contribution in [0, 0.1) is 34.5 Å². The number of benzene rings is 1. The third-order valence-corrected chi connectivity index (χ3v) is 9.59. The lowest BCUT2D eigenvalue weighted by Crippen LogP contribution is -2.60. The van der Waals surface area contributed by atoms with Crippen molar-refractivity contribution in [1.29, 1.82) is 0 Å². The van der Waals surface area contributed by atoms with Crippen LogP contribution in [0.2, 0.25) is 0 Å². The maximum absolute atomic E-state index is 12.6. The first-order valence-corrected chi connectivity index (χ1v) is 11.5. The molecule has 0 aromatic heterocycles. The Morgan fingerprint density at radius 2 is 1.71 bits per heavy atom. The van der Waals surface area contributed by atoms with Crippen LogP contribution in [0.15, 0.2) is 30.3 Å². The number of Topliss-reactive ketones (excluding diaryl/α,β-unsaturated/α-hetero) is 1. The highest BCUT2D eigenvalue weighted by Crippen LogP contribution is 2.65. The van der Waals surface area contributed by atoms with Gasteiger partial charge in [0.1, 0.15) is 5.78 Å². The van der Waals surface area contributed by atoms with E-state index in [-0.39, 0.29) is 23.0 Å². The van der Waals surface area contributed by atoms with Gasteiger partial charge in [-0.05, 0) is 86.2 Å². The summed E-state index contributed by atoms with van der Waals surface area (Å²) in [6.45, 7) is 4.78. The quantitative estimate of drug-likeness (QED) is 0.754. The molecule has 1 aromatic rings. The molecule has 4 aliphatic carbocycles. The molecular weight excluding hydrogens is 346 g/mol. The fourth-order valence-electron chi connectivity index (χ4n) is 8.05. The first-order valence-electron chi connectivity index (χ1n) is 11.5. The van der Waals surface area contributed by atoms with Crippen LogP contribution in [0.4, 0.5) is 5.69 Å². The van der Waals surface area contributed by atoms with Crippen LogP contribution in [0.25, 0.3) is 0 Å². The number of nitrogens with one attached hydrogen (secondary N) is 1. The summed E-state index contributed by atoms with van der Waals surface area (Å²) in [6, 6.07) is 10.5. The molecule has 2 N–H and O–H groups in total. The van der Waals surface area contributed by atoms with Gasteiger partial charge in [-0.2, -0.15) is 0 Å². The van der Waals surface area contributed by atoms with Crippen LogP contribution < -0.4 is 5.32 Å². The number of carbonyl (C=O) groups is 1. The highest BCUT2D eigenvalue weighted by atomic mass is 16.3. The molecule has 0 bridgehead atoms. The monoisotopic (exact) mass is 381 g/mol. The van der Waals surface area contributed by atoms with Gasteiger partial charge in [0.2, 0.25) is 0 Å². The minimum absolute atomic E-state index is 0.0414. The molecule has 3 nitrogen and oxygen atoms in total. The number of ketones is 1. The average Bonchev–Trinajstić information content (AvgIpc) is 3.00. The van der Waals surface area contributed by atoms with E-state index in [1.807, 2.05) is 6.07 Å². The zero-order chi connectivity index (χ0) is 19.5. The van der Waals surface area contributed by atoms with E-state index in [1.54, 1.807) is 0 Å². The fourth-order valence-corrected chi connectivity index (χ4v) is 8.05. The van der Waals surface area contributed by atoms with Crippen LogP contribution in [-0.2, 0) is 4.79 Å². The second-order valence-corrected chi connectivity index (χ2v) is 10.6. The molecule has 0 saturated heterocycles. The molecule has 152 valence electrons. The Kier molecular flexibility index (Phi) is 4.39. The van der Waals surface area contributed by atoms with Crippen molar-refractivity contribution in [2.24, 2.45) is 34.5 Å². The SMILES string of the molecule is C[C@]12CC[C@@H](O)[C@H](Nc3ccccc3)[C@@H]1CC[C@@H]1[C@@H]2CC[C@]2(C)C(=O)CC[C@@H]12. The lowest BCUT2D eigenvalue weighted by Gasteiger charge is -2.61. The van der Waals surface area contributed by atoms with Gasteiger partial charge in [-0.3, -0.25) is 4.79 Å². The number of para-hydroxylation sites is 1. The Hall–Kier alpha value is -1.35. The normalized spacial score (nSPS) is 47.8. The van der Waals surface area contributed by atoms with Gasteiger partial charge in [0.25, 0.3) is 0 Å². The minimum Gasteiger partial charge on any atom is -0.391 e. The van der Waals surface area contributed by atoms with Gasteiger partial charge in [0.15, 0.2) is 0 Å². The number of anilines is 1. The summed E-state index contributed by atoms with van der Waals surface area (Å²) in [7, 11) is 0. The molecule has 0 spiro atoms. The van der Waals surface area contributed by atoms with Crippen LogP contribution >= 0.6 is 0 Å². The van der Waals surface area contributed by atoms with E-state index in [2.05, 4.69) is 43.4 Å². The zero-order valence-corrected chi connectivity index (χ0v) is 17.4. The number of carbonyl (C=O) groups excluding carboxylic acids is 1. The van der Waals surface area contributed by atoms with Crippen molar-refractivity contribution >= 4 is 11.5 Å². The maximum Gasteiger partial charge on any atom is 0.139 e. The minimum atomic E-state index is -0.267. The average molecular weight is 382 g/mol. The number of aliphatic hydroxyl groups excluding tert-OH is 1. The van der Waals surface area contributed by atoms with Gasteiger partial charge >= 0.3 is 0 Å². The van der Waals surface area contributed by atoms with E-state index in [0.29, 0.717) is 29.5 Å². The first-order chi connectivity index (χ1) is 13.4. The molecular formula is C25H35NO2. The summed E-state index contributed by atoms with van der Waals surface area (Å²) in [6.07, 6.45) is 8.37. The summed E-state index contributed by atoms with van der Waals surface area (Å²) < 4.78 is 0. The van der Waals surface area contributed by atoms with Gasteiger partial charge in [-0.15, -0.1) is 0 Å². The third-order valence-electron chi connectivity index (χ3n) is 9.59. The highest BCUT2D eigenvalue weighted by Gasteiger charge is 2.61. The smallest absolute Gasteiger partial charge is 0.139 e. The standard InChI is InChI=1S/C25H35NO2/c1-24-15-13-21(27)23(26-16-6-4-3-5-7-16)20(24)9-8-17-18-10-11-22(28)25(18,2)14-12-19(17)24/h3-7,17-21,23,26-27H,8-15H2,1-2H3/t17-,18-,19-,20-,21+,23+,24+,25-/m0/s1. The Morgan fingerprint density at radius 3 is 2.50 bits per heavy atom. The molecule has 1 aromatic carbocycles. The topological polar surface area (TPSA) is 49.3 Å². The van der Waals surface area contributed by atoms with Crippen molar-refractivity contribution < 1.29 is 9.90 Å². The molecule has 4 saturated carbocycles. The molecule has 3 heteroatoms. The maximum atomic E-state index is 12.6. The number of hydrogen-bond acceptors (Lipinski definition) is 3. The lowest BCUT2D eigenvalue weighted by molar-refractivity contribution is -0.143. The third kappa shape index (κ3) is 2.61. The summed E-state index contributed by atoms with van der Waals surface area (Å²) in [5.74, 6) is 3.07. The van der Waals surface area contributed by atoms with Gasteiger partial charge in [-0.1, -0.05) is 32.0 Å². The molecule has 4 fully saturated rings. The van der Waals surface area contributed by atoms with Gasteiger partial charge in [0.05, 0.1) is 12.1 Å². The molecule has 0 aliphatic heterocycles. The predicted octanol–water partition coefficient (Wildman–Crippen LogP) is 5.05. The number of fused-ring (bicyclic) bond motifs is 5. The lowest BCUT2D eigenvalue weighted by atomic mass is 9.44. The molecule has 0 heterocycles.